The van der Waals surface area contributed by atoms with Crippen LogP contribution in [0.4, 0.5) is 4.39 Å². The maximum atomic E-state index is 13.4. The van der Waals surface area contributed by atoms with Gasteiger partial charge in [-0.25, -0.2) is 9.07 Å². The van der Waals surface area contributed by atoms with Crippen molar-refractivity contribution in [3.63, 3.8) is 0 Å². The summed E-state index contributed by atoms with van der Waals surface area (Å²) in [6.07, 6.45) is 0. The highest BCUT2D eigenvalue weighted by Crippen LogP contribution is 2.22. The van der Waals surface area contributed by atoms with E-state index in [4.69, 9.17) is 5.84 Å². The molecule has 0 saturated heterocycles. The van der Waals surface area contributed by atoms with Gasteiger partial charge in [-0.2, -0.15) is 0 Å². The van der Waals surface area contributed by atoms with Gasteiger partial charge in [0.1, 0.15) is 5.82 Å². The molecule has 0 aliphatic heterocycles. The number of hydrogen-bond acceptors (Lipinski definition) is 5. The zero-order chi connectivity index (χ0) is 19.3. The van der Waals surface area contributed by atoms with Gasteiger partial charge in [0.25, 0.3) is 0 Å². The summed E-state index contributed by atoms with van der Waals surface area (Å²) in [5, 5.41) is 8.48. The number of nitrogens with zero attached hydrogens (tertiary/aromatic N) is 4. The first kappa shape index (κ1) is 20.2. The molecule has 26 heavy (non-hydrogen) atoms. The van der Waals surface area contributed by atoms with Crippen LogP contribution in [0.15, 0.2) is 29.4 Å². The normalized spacial score (nSPS) is 11.3. The van der Waals surface area contributed by atoms with Crippen LogP contribution >= 0.6 is 11.8 Å². The second-order valence-corrected chi connectivity index (χ2v) is 8.00. The van der Waals surface area contributed by atoms with Crippen molar-refractivity contribution < 1.29 is 9.18 Å². The van der Waals surface area contributed by atoms with E-state index < -0.39 is 0 Å². The molecule has 0 saturated carbocycles. The summed E-state index contributed by atoms with van der Waals surface area (Å²) in [6.45, 7) is 9.82. The molecule has 0 radical (unpaired) electrons. The fourth-order valence-corrected chi connectivity index (χ4v) is 3.34. The lowest BCUT2D eigenvalue weighted by molar-refractivity contribution is -0.129. The summed E-state index contributed by atoms with van der Waals surface area (Å²) in [5.41, 5.74) is 0.541. The van der Waals surface area contributed by atoms with Gasteiger partial charge in [-0.15, -0.1) is 10.2 Å². The minimum absolute atomic E-state index is 0.0488. The molecule has 0 spiro atoms. The summed E-state index contributed by atoms with van der Waals surface area (Å²) >= 11 is 1.24. The average molecular weight is 380 g/mol. The molecule has 2 rings (SSSR count). The van der Waals surface area contributed by atoms with E-state index >= 15 is 0 Å². The van der Waals surface area contributed by atoms with Crippen molar-refractivity contribution in [2.24, 2.45) is 11.8 Å². The quantitative estimate of drug-likeness (QED) is 0.563. The Labute approximate surface area is 157 Å². The molecule has 1 aromatic heterocycles. The number of nitrogen functional groups attached to an aromatic ring is 1. The monoisotopic (exact) mass is 379 g/mol. The van der Waals surface area contributed by atoms with Crippen LogP contribution in [0.5, 0.6) is 0 Å². The molecule has 8 heteroatoms. The smallest absolute Gasteiger partial charge is 0.233 e. The van der Waals surface area contributed by atoms with Crippen LogP contribution in [0.25, 0.3) is 11.4 Å². The van der Waals surface area contributed by atoms with Crippen molar-refractivity contribution >= 4 is 17.7 Å². The van der Waals surface area contributed by atoms with E-state index in [9.17, 15) is 9.18 Å². The lowest BCUT2D eigenvalue weighted by atomic mass is 10.1. The van der Waals surface area contributed by atoms with Crippen molar-refractivity contribution in [2.45, 2.75) is 32.9 Å². The standard InChI is InChI=1S/C18H26FN5OS/c1-12(2)9-23(10-13(3)4)16(25)11-26-18-22-21-17(24(18)20)14-6-5-7-15(19)8-14/h5-8,12-13H,9-11,20H2,1-4H3. The van der Waals surface area contributed by atoms with Gasteiger partial charge in [0, 0.05) is 18.7 Å². The molecule has 2 N–H and O–H groups in total. The molecule has 0 bridgehead atoms. The van der Waals surface area contributed by atoms with Crippen molar-refractivity contribution in [3.05, 3.63) is 30.1 Å². The molecule has 0 atom stereocenters. The summed E-state index contributed by atoms with van der Waals surface area (Å²) in [7, 11) is 0. The van der Waals surface area contributed by atoms with Crippen LogP contribution in [-0.2, 0) is 4.79 Å². The predicted octanol–water partition coefficient (Wildman–Crippen LogP) is 3.03. The van der Waals surface area contributed by atoms with Crippen LogP contribution in [0, 0.1) is 17.7 Å². The molecule has 0 fully saturated rings. The fraction of sp³-hybridized carbons (Fsp3) is 0.500. The topological polar surface area (TPSA) is 77.0 Å². The second-order valence-electron chi connectivity index (χ2n) is 7.06. The molecule has 142 valence electrons. The van der Waals surface area contributed by atoms with E-state index in [0.29, 0.717) is 28.4 Å². The Balaban J connectivity index is 2.06. The van der Waals surface area contributed by atoms with E-state index in [1.165, 1.54) is 28.6 Å². The number of carbonyl (C=O) groups excluding carboxylic acids is 1. The second kappa shape index (κ2) is 9.02. The van der Waals surface area contributed by atoms with Crippen LogP contribution in [-0.4, -0.2) is 44.5 Å². The van der Waals surface area contributed by atoms with E-state index in [1.54, 1.807) is 12.1 Å². The summed E-state index contributed by atoms with van der Waals surface area (Å²) in [5.74, 6) is 7.12. The molecule has 1 amide bonds. The molecule has 0 unspecified atom stereocenters. The minimum atomic E-state index is -0.368. The highest BCUT2D eigenvalue weighted by atomic mass is 32.2. The number of halogens is 1. The lowest BCUT2D eigenvalue weighted by Gasteiger charge is -2.26. The molecule has 0 aliphatic rings. The van der Waals surface area contributed by atoms with Gasteiger partial charge in [0.05, 0.1) is 5.75 Å². The molecule has 0 aliphatic carbocycles. The van der Waals surface area contributed by atoms with Gasteiger partial charge >= 0.3 is 0 Å². The van der Waals surface area contributed by atoms with Gasteiger partial charge in [0.15, 0.2) is 5.82 Å². The first-order valence-electron chi connectivity index (χ1n) is 8.65. The predicted molar refractivity (Wildman–Crippen MR) is 103 cm³/mol. The van der Waals surface area contributed by atoms with Gasteiger partial charge in [-0.1, -0.05) is 51.6 Å². The highest BCUT2D eigenvalue weighted by Gasteiger charge is 2.19. The maximum absolute atomic E-state index is 13.4. The van der Waals surface area contributed by atoms with Gasteiger partial charge < -0.3 is 10.7 Å². The summed E-state index contributed by atoms with van der Waals surface area (Å²) < 4.78 is 14.7. The Kier molecular flexibility index (Phi) is 7.02. The van der Waals surface area contributed by atoms with E-state index in [2.05, 4.69) is 37.9 Å². The van der Waals surface area contributed by atoms with Crippen molar-refractivity contribution in [2.75, 3.05) is 24.7 Å². The van der Waals surface area contributed by atoms with Gasteiger partial charge in [-0.05, 0) is 24.0 Å². The number of hydrogen-bond donors (Lipinski definition) is 1. The third-order valence-electron chi connectivity index (χ3n) is 3.60. The van der Waals surface area contributed by atoms with E-state index in [1.807, 2.05) is 4.90 Å². The number of carbonyl (C=O) groups is 1. The van der Waals surface area contributed by atoms with Crippen molar-refractivity contribution in [3.8, 4) is 11.4 Å². The van der Waals surface area contributed by atoms with Crippen LogP contribution < -0.4 is 5.84 Å². The first-order valence-corrected chi connectivity index (χ1v) is 9.63. The molecule has 2 aromatic rings. The molecule has 1 aromatic carbocycles. The Morgan fingerprint density at radius 2 is 1.88 bits per heavy atom. The molecular formula is C18H26FN5OS. The number of benzene rings is 1. The number of aromatic nitrogens is 3. The number of thioether (sulfide) groups is 1. The molecule has 6 nitrogen and oxygen atoms in total. The van der Waals surface area contributed by atoms with Crippen molar-refractivity contribution in [1.82, 2.24) is 19.8 Å². The van der Waals surface area contributed by atoms with E-state index in [-0.39, 0.29) is 17.5 Å². The first-order chi connectivity index (χ1) is 12.3. The van der Waals surface area contributed by atoms with Crippen LogP contribution in [0.3, 0.4) is 0 Å². The Hall–Kier alpha value is -2.09. The lowest BCUT2D eigenvalue weighted by Crippen LogP contribution is -2.38. The third kappa shape index (κ3) is 5.45. The van der Waals surface area contributed by atoms with Crippen LogP contribution in [0.2, 0.25) is 0 Å². The number of amides is 1. The number of nitrogens with two attached hydrogens (primary N) is 1. The Morgan fingerprint density at radius 1 is 1.23 bits per heavy atom. The average Bonchev–Trinajstić information content (AvgIpc) is 2.92. The minimum Gasteiger partial charge on any atom is -0.341 e. The van der Waals surface area contributed by atoms with Gasteiger partial charge in [0.2, 0.25) is 11.1 Å². The molecular weight excluding hydrogens is 353 g/mol. The summed E-state index contributed by atoms with van der Waals surface area (Å²) in [4.78, 5) is 14.5. The zero-order valence-corrected chi connectivity index (χ0v) is 16.5. The van der Waals surface area contributed by atoms with Crippen LogP contribution in [0.1, 0.15) is 27.7 Å². The Bertz CT molecular complexity index is 737. The highest BCUT2D eigenvalue weighted by molar-refractivity contribution is 7.99. The van der Waals surface area contributed by atoms with E-state index in [0.717, 1.165) is 13.1 Å². The fourth-order valence-electron chi connectivity index (χ4n) is 2.58. The molecule has 1 heterocycles. The number of rotatable bonds is 8. The Morgan fingerprint density at radius 3 is 2.46 bits per heavy atom. The van der Waals surface area contributed by atoms with Crippen molar-refractivity contribution in [1.29, 1.82) is 0 Å². The SMILES string of the molecule is CC(C)CN(CC(C)C)C(=O)CSc1nnc(-c2cccc(F)c2)n1N. The maximum Gasteiger partial charge on any atom is 0.233 e. The van der Waals surface area contributed by atoms with Gasteiger partial charge in [-0.3, -0.25) is 4.79 Å². The zero-order valence-electron chi connectivity index (χ0n) is 15.6. The summed E-state index contributed by atoms with van der Waals surface area (Å²) in [6, 6.07) is 6.00. The third-order valence-corrected chi connectivity index (χ3v) is 4.52. The largest absolute Gasteiger partial charge is 0.341 e.